The van der Waals surface area contributed by atoms with E-state index in [1.807, 2.05) is 17.4 Å². The van der Waals surface area contributed by atoms with Crippen LogP contribution < -0.4 is 0 Å². The number of rotatable bonds is 2. The fourth-order valence-electron chi connectivity index (χ4n) is 1.98. The molecule has 0 N–H and O–H groups in total. The molecule has 0 aliphatic rings. The summed E-state index contributed by atoms with van der Waals surface area (Å²) in [6, 6.07) is 19.3. The van der Waals surface area contributed by atoms with E-state index in [0.29, 0.717) is 0 Å². The van der Waals surface area contributed by atoms with Crippen molar-refractivity contribution < 1.29 is 0 Å². The first kappa shape index (κ1) is 11.2. The maximum absolute atomic E-state index is 2.25. The third kappa shape index (κ3) is 2.36. The molecule has 0 amide bonds. The van der Waals surface area contributed by atoms with Crippen molar-refractivity contribution in [2.24, 2.45) is 0 Å². The zero-order valence-corrected chi connectivity index (χ0v) is 11.1. The molecule has 0 nitrogen and oxygen atoms in total. The van der Waals surface area contributed by atoms with Crippen molar-refractivity contribution in [3.05, 3.63) is 70.6 Å². The minimum Gasteiger partial charge on any atom is -0.136 e. The van der Waals surface area contributed by atoms with Gasteiger partial charge < -0.3 is 0 Å². The Hall–Kier alpha value is -1.86. The molecule has 3 aromatic rings. The number of hydrogen-bond donors (Lipinski definition) is 0. The van der Waals surface area contributed by atoms with Gasteiger partial charge in [0.15, 0.2) is 0 Å². The molecule has 0 saturated carbocycles. The highest BCUT2D eigenvalue weighted by Crippen LogP contribution is 2.27. The second-order valence-corrected chi connectivity index (χ2v) is 5.55. The second kappa shape index (κ2) is 4.79. The lowest BCUT2D eigenvalue weighted by atomic mass is 10.2. The van der Waals surface area contributed by atoms with Gasteiger partial charge in [0, 0.05) is 9.58 Å². The van der Waals surface area contributed by atoms with Crippen LogP contribution in [0.5, 0.6) is 0 Å². The van der Waals surface area contributed by atoms with Crippen molar-refractivity contribution in [3.63, 3.8) is 0 Å². The van der Waals surface area contributed by atoms with Gasteiger partial charge in [-0.2, -0.15) is 0 Å². The summed E-state index contributed by atoms with van der Waals surface area (Å²) in [6.45, 7) is 2.14. The molecule has 1 heterocycles. The number of fused-ring (bicyclic) bond motifs is 1. The third-order valence-electron chi connectivity index (χ3n) is 2.93. The minimum atomic E-state index is 1.24. The molecule has 1 aromatic heterocycles. The van der Waals surface area contributed by atoms with Gasteiger partial charge in [-0.15, -0.1) is 11.3 Å². The van der Waals surface area contributed by atoms with Crippen molar-refractivity contribution >= 4 is 33.6 Å². The van der Waals surface area contributed by atoms with Gasteiger partial charge in [0.25, 0.3) is 0 Å². The highest BCUT2D eigenvalue weighted by Gasteiger charge is 1.99. The van der Waals surface area contributed by atoms with Crippen LogP contribution in [-0.4, -0.2) is 0 Å². The van der Waals surface area contributed by atoms with Crippen LogP contribution in [-0.2, 0) is 0 Å². The van der Waals surface area contributed by atoms with Crippen LogP contribution in [0.4, 0.5) is 0 Å². The summed E-state index contributed by atoms with van der Waals surface area (Å²) in [4.78, 5) is 1.31. The standard InChI is InChI=1S/C17H14S/c1-13-7-9-15-12-16(18-17(15)11-13)10-8-14-5-3-2-4-6-14/h2-12H,1H3/b10-8+. The highest BCUT2D eigenvalue weighted by molar-refractivity contribution is 7.19. The number of benzene rings is 2. The Bertz CT molecular complexity index is 690. The Balaban J connectivity index is 1.93. The lowest BCUT2D eigenvalue weighted by molar-refractivity contribution is 1.52. The molecular formula is C17H14S. The summed E-state index contributed by atoms with van der Waals surface area (Å²) >= 11 is 1.84. The van der Waals surface area contributed by atoms with E-state index >= 15 is 0 Å². The van der Waals surface area contributed by atoms with Gasteiger partial charge in [-0.05, 0) is 41.6 Å². The zero-order valence-electron chi connectivity index (χ0n) is 10.3. The Morgan fingerprint density at radius 3 is 2.56 bits per heavy atom. The first-order valence-electron chi connectivity index (χ1n) is 6.04. The van der Waals surface area contributed by atoms with Gasteiger partial charge in [-0.3, -0.25) is 0 Å². The number of hydrogen-bond acceptors (Lipinski definition) is 1. The Morgan fingerprint density at radius 1 is 0.889 bits per heavy atom. The number of thiophene rings is 1. The maximum atomic E-state index is 2.25. The fourth-order valence-corrected chi connectivity index (χ4v) is 3.05. The summed E-state index contributed by atoms with van der Waals surface area (Å²) in [5.74, 6) is 0. The molecule has 0 aliphatic heterocycles. The maximum Gasteiger partial charge on any atom is 0.0351 e. The molecule has 0 saturated heterocycles. The molecule has 0 unspecified atom stereocenters. The zero-order chi connectivity index (χ0) is 12.4. The SMILES string of the molecule is Cc1ccc2cc(/C=C/c3ccccc3)sc2c1. The Labute approximate surface area is 111 Å². The molecular weight excluding hydrogens is 236 g/mol. The molecule has 88 valence electrons. The van der Waals surface area contributed by atoms with Crippen LogP contribution in [0, 0.1) is 6.92 Å². The van der Waals surface area contributed by atoms with E-state index in [4.69, 9.17) is 0 Å². The minimum absolute atomic E-state index is 1.24. The largest absolute Gasteiger partial charge is 0.136 e. The second-order valence-electron chi connectivity index (χ2n) is 4.43. The first-order valence-corrected chi connectivity index (χ1v) is 6.86. The quantitative estimate of drug-likeness (QED) is 0.572. The summed E-state index contributed by atoms with van der Waals surface area (Å²) in [5, 5.41) is 1.33. The molecule has 0 aliphatic carbocycles. The molecule has 0 radical (unpaired) electrons. The van der Waals surface area contributed by atoms with Crippen LogP contribution in [0.3, 0.4) is 0 Å². The summed E-state index contributed by atoms with van der Waals surface area (Å²) in [7, 11) is 0. The van der Waals surface area contributed by atoms with Crippen molar-refractivity contribution in [2.45, 2.75) is 6.92 Å². The normalized spacial score (nSPS) is 11.4. The molecule has 18 heavy (non-hydrogen) atoms. The van der Waals surface area contributed by atoms with Crippen molar-refractivity contribution in [2.75, 3.05) is 0 Å². The molecule has 3 rings (SSSR count). The van der Waals surface area contributed by atoms with E-state index in [0.717, 1.165) is 0 Å². The van der Waals surface area contributed by atoms with Gasteiger partial charge in [0.1, 0.15) is 0 Å². The van der Waals surface area contributed by atoms with Crippen molar-refractivity contribution in [1.29, 1.82) is 0 Å². The predicted octanol–water partition coefficient (Wildman–Crippen LogP) is 5.38. The van der Waals surface area contributed by atoms with Crippen LogP contribution in [0.2, 0.25) is 0 Å². The van der Waals surface area contributed by atoms with Crippen molar-refractivity contribution in [1.82, 2.24) is 0 Å². The van der Waals surface area contributed by atoms with Gasteiger partial charge in [-0.25, -0.2) is 0 Å². The van der Waals surface area contributed by atoms with E-state index in [-0.39, 0.29) is 0 Å². The summed E-state index contributed by atoms with van der Waals surface area (Å²) in [6.07, 6.45) is 4.35. The van der Waals surface area contributed by atoms with E-state index < -0.39 is 0 Å². The smallest absolute Gasteiger partial charge is 0.0351 e. The van der Waals surface area contributed by atoms with Crippen molar-refractivity contribution in [3.8, 4) is 0 Å². The molecule has 0 bridgehead atoms. The summed E-state index contributed by atoms with van der Waals surface area (Å²) in [5.41, 5.74) is 2.56. The first-order chi connectivity index (χ1) is 8.81. The van der Waals surface area contributed by atoms with E-state index in [2.05, 4.69) is 67.6 Å². The molecule has 2 aromatic carbocycles. The lowest BCUT2D eigenvalue weighted by Crippen LogP contribution is -1.67. The average molecular weight is 250 g/mol. The van der Waals surface area contributed by atoms with Crippen LogP contribution >= 0.6 is 11.3 Å². The molecule has 0 fully saturated rings. The van der Waals surface area contributed by atoms with E-state index in [9.17, 15) is 0 Å². The molecule has 1 heteroatoms. The predicted molar refractivity (Wildman–Crippen MR) is 81.9 cm³/mol. The number of aryl methyl sites for hydroxylation is 1. The lowest BCUT2D eigenvalue weighted by Gasteiger charge is -1.90. The van der Waals surface area contributed by atoms with E-state index in [1.54, 1.807) is 0 Å². The topological polar surface area (TPSA) is 0 Å². The monoisotopic (exact) mass is 250 g/mol. The fraction of sp³-hybridized carbons (Fsp3) is 0.0588. The molecule has 0 atom stereocenters. The van der Waals surface area contributed by atoms with Crippen LogP contribution in [0.25, 0.3) is 22.2 Å². The summed E-state index contributed by atoms with van der Waals surface area (Å²) < 4.78 is 1.36. The van der Waals surface area contributed by atoms with Gasteiger partial charge in [0.05, 0.1) is 0 Å². The Morgan fingerprint density at radius 2 is 1.72 bits per heavy atom. The third-order valence-corrected chi connectivity index (χ3v) is 4.00. The van der Waals surface area contributed by atoms with Gasteiger partial charge in [0.2, 0.25) is 0 Å². The van der Waals surface area contributed by atoms with Gasteiger partial charge in [-0.1, -0.05) is 48.5 Å². The molecule has 0 spiro atoms. The Kier molecular flexibility index (Phi) is 2.99. The average Bonchev–Trinajstić information content (AvgIpc) is 2.79. The van der Waals surface area contributed by atoms with Crippen LogP contribution in [0.1, 0.15) is 16.0 Å². The van der Waals surface area contributed by atoms with Crippen LogP contribution in [0.15, 0.2) is 54.6 Å². The van der Waals surface area contributed by atoms with Gasteiger partial charge >= 0.3 is 0 Å². The highest BCUT2D eigenvalue weighted by atomic mass is 32.1. The van der Waals surface area contributed by atoms with E-state index in [1.165, 1.54) is 26.1 Å².